The van der Waals surface area contributed by atoms with Crippen LogP contribution in [0.15, 0.2) is 83.3 Å². The first kappa shape index (κ1) is 28.4. The summed E-state index contributed by atoms with van der Waals surface area (Å²) in [7, 11) is 3.14. The lowest BCUT2D eigenvalue weighted by Gasteiger charge is -2.36. The first-order valence-electron chi connectivity index (χ1n) is 13.0. The van der Waals surface area contributed by atoms with Crippen molar-refractivity contribution in [1.29, 1.82) is 0 Å². The van der Waals surface area contributed by atoms with Crippen LogP contribution in [0.2, 0.25) is 0 Å². The summed E-state index contributed by atoms with van der Waals surface area (Å²) in [4.78, 5) is 30.1. The largest absolute Gasteiger partial charge is 0.497 e. The predicted octanol–water partition coefficient (Wildman–Crippen LogP) is 5.71. The quantitative estimate of drug-likeness (QED) is 0.264. The molecule has 4 aromatic carbocycles. The predicted molar refractivity (Wildman–Crippen MR) is 169 cm³/mol. The van der Waals surface area contributed by atoms with Gasteiger partial charge in [0.1, 0.15) is 11.5 Å². The standard InChI is InChI=1S/C31H29BrN4O4S/c1-39-24-13-7-20(8-14-24)30(38)36-17-15-35(16-18-36)23-11-9-22(10-12-23)33-31(41)34-29(37)26-19-21-5-3-4-6-25(21)27(32)28(26)40-2/h3-14,19H,15-18H2,1-2H3,(H2,33,34,37,41). The summed E-state index contributed by atoms with van der Waals surface area (Å²) in [5.41, 5.74) is 2.83. The first-order chi connectivity index (χ1) is 19.9. The van der Waals surface area contributed by atoms with Gasteiger partial charge in [-0.3, -0.25) is 14.9 Å². The summed E-state index contributed by atoms with van der Waals surface area (Å²) in [5, 5.41) is 7.87. The number of amides is 2. The van der Waals surface area contributed by atoms with E-state index in [-0.39, 0.29) is 16.9 Å². The number of hydrogen-bond donors (Lipinski definition) is 2. The van der Waals surface area contributed by atoms with Crippen LogP contribution in [-0.4, -0.2) is 62.2 Å². The van der Waals surface area contributed by atoms with Crippen molar-refractivity contribution < 1.29 is 19.1 Å². The Morgan fingerprint density at radius 1 is 0.878 bits per heavy atom. The van der Waals surface area contributed by atoms with Crippen LogP contribution < -0.4 is 25.0 Å². The molecule has 1 aliphatic heterocycles. The van der Waals surface area contributed by atoms with Crippen LogP contribution in [0, 0.1) is 0 Å². The fraction of sp³-hybridized carbons (Fsp3) is 0.194. The number of halogens is 1. The van der Waals surface area contributed by atoms with Crippen molar-refractivity contribution in [3.05, 3.63) is 94.5 Å². The number of fused-ring (bicyclic) bond motifs is 1. The van der Waals surface area contributed by atoms with Crippen LogP contribution in [0.25, 0.3) is 10.8 Å². The fourth-order valence-corrected chi connectivity index (χ4v) is 5.77. The van der Waals surface area contributed by atoms with Gasteiger partial charge in [-0.15, -0.1) is 0 Å². The molecule has 0 aliphatic carbocycles. The Kier molecular flexibility index (Phi) is 8.70. The van der Waals surface area contributed by atoms with Gasteiger partial charge in [0.05, 0.1) is 24.3 Å². The number of nitrogens with one attached hydrogen (secondary N) is 2. The number of anilines is 2. The zero-order valence-electron chi connectivity index (χ0n) is 22.6. The summed E-state index contributed by atoms with van der Waals surface area (Å²) in [6.07, 6.45) is 0. The Labute approximate surface area is 252 Å². The normalized spacial score (nSPS) is 13.0. The van der Waals surface area contributed by atoms with Crippen molar-refractivity contribution >= 4 is 67.2 Å². The molecule has 8 nitrogen and oxygen atoms in total. The Morgan fingerprint density at radius 2 is 1.56 bits per heavy atom. The Hall–Kier alpha value is -4.15. The maximum atomic E-state index is 13.1. The Morgan fingerprint density at radius 3 is 2.22 bits per heavy atom. The SMILES string of the molecule is COc1ccc(C(=O)N2CCN(c3ccc(NC(=S)NC(=O)c4cc5ccccc5c(Br)c4OC)cc3)CC2)cc1. The number of nitrogens with zero attached hydrogens (tertiary/aromatic N) is 2. The molecule has 1 heterocycles. The van der Waals surface area contributed by atoms with E-state index in [4.69, 9.17) is 21.7 Å². The molecule has 1 saturated heterocycles. The summed E-state index contributed by atoms with van der Waals surface area (Å²) in [6, 6.07) is 24.5. The zero-order valence-corrected chi connectivity index (χ0v) is 25.1. The second kappa shape index (κ2) is 12.6. The van der Waals surface area contributed by atoms with E-state index in [0.717, 1.165) is 41.0 Å². The van der Waals surface area contributed by atoms with Gasteiger partial charge in [0, 0.05) is 43.1 Å². The third-order valence-corrected chi connectivity index (χ3v) is 8.00. The number of ether oxygens (including phenoxy) is 2. The van der Waals surface area contributed by atoms with Gasteiger partial charge in [0.2, 0.25) is 0 Å². The molecule has 2 amide bonds. The van der Waals surface area contributed by atoms with E-state index in [1.54, 1.807) is 37.4 Å². The van der Waals surface area contributed by atoms with Gasteiger partial charge >= 0.3 is 0 Å². The average Bonchev–Trinajstić information content (AvgIpc) is 3.01. The number of hydrogen-bond acceptors (Lipinski definition) is 6. The lowest BCUT2D eigenvalue weighted by atomic mass is 10.1. The lowest BCUT2D eigenvalue weighted by Crippen LogP contribution is -2.48. The summed E-state index contributed by atoms with van der Waals surface area (Å²) in [6.45, 7) is 2.73. The van der Waals surface area contributed by atoms with Gasteiger partial charge in [-0.1, -0.05) is 24.3 Å². The summed E-state index contributed by atoms with van der Waals surface area (Å²) >= 11 is 8.99. The highest BCUT2D eigenvalue weighted by Crippen LogP contribution is 2.36. The minimum Gasteiger partial charge on any atom is -0.497 e. The van der Waals surface area contributed by atoms with E-state index < -0.39 is 0 Å². The van der Waals surface area contributed by atoms with Gasteiger partial charge in [0.25, 0.3) is 11.8 Å². The molecule has 0 radical (unpaired) electrons. The molecule has 1 fully saturated rings. The molecule has 0 atom stereocenters. The van der Waals surface area contributed by atoms with Crippen LogP contribution in [-0.2, 0) is 0 Å². The molecule has 2 N–H and O–H groups in total. The van der Waals surface area contributed by atoms with Crippen molar-refractivity contribution in [2.75, 3.05) is 50.6 Å². The maximum Gasteiger partial charge on any atom is 0.261 e. The molecular weight excluding hydrogens is 604 g/mol. The highest BCUT2D eigenvalue weighted by atomic mass is 79.9. The average molecular weight is 634 g/mol. The molecule has 1 aliphatic rings. The van der Waals surface area contributed by atoms with E-state index in [1.807, 2.05) is 53.4 Å². The topological polar surface area (TPSA) is 83.1 Å². The maximum absolute atomic E-state index is 13.1. The molecule has 210 valence electrons. The van der Waals surface area contributed by atoms with Crippen molar-refractivity contribution in [3.8, 4) is 11.5 Å². The van der Waals surface area contributed by atoms with Crippen LogP contribution in [0.1, 0.15) is 20.7 Å². The number of benzene rings is 4. The second-order valence-electron chi connectivity index (χ2n) is 9.46. The fourth-order valence-electron chi connectivity index (χ4n) is 4.82. The Balaban J connectivity index is 1.16. The number of carbonyl (C=O) groups is 2. The van der Waals surface area contributed by atoms with Gasteiger partial charge in [-0.2, -0.15) is 0 Å². The van der Waals surface area contributed by atoms with Gasteiger partial charge < -0.3 is 24.6 Å². The van der Waals surface area contributed by atoms with Crippen molar-refractivity contribution in [3.63, 3.8) is 0 Å². The van der Waals surface area contributed by atoms with E-state index in [0.29, 0.717) is 34.4 Å². The molecule has 0 unspecified atom stereocenters. The molecule has 0 aromatic heterocycles. The molecule has 10 heteroatoms. The smallest absolute Gasteiger partial charge is 0.261 e. The van der Waals surface area contributed by atoms with Crippen molar-refractivity contribution in [2.24, 2.45) is 0 Å². The number of thiocarbonyl (C=S) groups is 1. The third kappa shape index (κ3) is 6.28. The van der Waals surface area contributed by atoms with Crippen LogP contribution in [0.5, 0.6) is 11.5 Å². The van der Waals surface area contributed by atoms with E-state index in [9.17, 15) is 9.59 Å². The number of rotatable bonds is 6. The van der Waals surface area contributed by atoms with E-state index >= 15 is 0 Å². The van der Waals surface area contributed by atoms with Gasteiger partial charge in [0.15, 0.2) is 5.11 Å². The number of carbonyl (C=O) groups excluding carboxylic acids is 2. The monoisotopic (exact) mass is 632 g/mol. The van der Waals surface area contributed by atoms with Crippen LogP contribution >= 0.6 is 28.1 Å². The molecule has 4 aromatic rings. The summed E-state index contributed by atoms with van der Waals surface area (Å²) < 4.78 is 11.4. The van der Waals surface area contributed by atoms with E-state index in [2.05, 4.69) is 31.5 Å². The summed E-state index contributed by atoms with van der Waals surface area (Å²) in [5.74, 6) is 0.825. The molecule has 0 bridgehead atoms. The molecule has 0 spiro atoms. The third-order valence-electron chi connectivity index (χ3n) is 7.01. The lowest BCUT2D eigenvalue weighted by molar-refractivity contribution is 0.0746. The molecule has 41 heavy (non-hydrogen) atoms. The minimum atomic E-state index is -0.371. The molecule has 0 saturated carbocycles. The van der Waals surface area contributed by atoms with Gasteiger partial charge in [-0.05, 0) is 93.5 Å². The van der Waals surface area contributed by atoms with Crippen molar-refractivity contribution in [2.45, 2.75) is 0 Å². The zero-order chi connectivity index (χ0) is 28.9. The first-order valence-corrected chi connectivity index (χ1v) is 14.2. The number of methoxy groups -OCH3 is 2. The van der Waals surface area contributed by atoms with Gasteiger partial charge in [-0.25, -0.2) is 0 Å². The van der Waals surface area contributed by atoms with Crippen molar-refractivity contribution in [1.82, 2.24) is 10.2 Å². The Bertz CT molecular complexity index is 1590. The number of piperazine rings is 1. The minimum absolute atomic E-state index is 0.0241. The second-order valence-corrected chi connectivity index (χ2v) is 10.7. The molecule has 5 rings (SSSR count). The van der Waals surface area contributed by atoms with E-state index in [1.165, 1.54) is 7.11 Å². The molecular formula is C31H29BrN4O4S. The highest BCUT2D eigenvalue weighted by molar-refractivity contribution is 9.10. The van der Waals surface area contributed by atoms with Crippen LogP contribution in [0.4, 0.5) is 11.4 Å². The van der Waals surface area contributed by atoms with Crippen LogP contribution in [0.3, 0.4) is 0 Å². The highest BCUT2D eigenvalue weighted by Gasteiger charge is 2.23.